The summed E-state index contributed by atoms with van der Waals surface area (Å²) in [6, 6.07) is 0. The first kappa shape index (κ1) is 69.1. The highest BCUT2D eigenvalue weighted by atomic mass is 16.6. The molecule has 0 amide bonds. The molecule has 0 aliphatic carbocycles. The van der Waals surface area contributed by atoms with E-state index >= 15 is 0 Å². The van der Waals surface area contributed by atoms with Crippen molar-refractivity contribution in [3.05, 3.63) is 60.8 Å². The third kappa shape index (κ3) is 58.0. The summed E-state index contributed by atoms with van der Waals surface area (Å²) in [6.07, 6.45) is 76.6. The van der Waals surface area contributed by atoms with Crippen LogP contribution in [-0.2, 0) is 28.6 Å². The van der Waals surface area contributed by atoms with E-state index in [1.807, 2.05) is 0 Å². The van der Waals surface area contributed by atoms with Crippen molar-refractivity contribution in [2.24, 2.45) is 0 Å². The summed E-state index contributed by atoms with van der Waals surface area (Å²) in [6.45, 7) is 6.55. The van der Waals surface area contributed by atoms with Gasteiger partial charge in [0, 0.05) is 19.3 Å². The molecule has 0 aromatic carbocycles. The average molecular weight is 1010 g/mol. The number of hydrogen-bond donors (Lipinski definition) is 0. The fourth-order valence-corrected chi connectivity index (χ4v) is 9.08. The van der Waals surface area contributed by atoms with Gasteiger partial charge in [-0.15, -0.1) is 0 Å². The molecule has 0 spiro atoms. The van der Waals surface area contributed by atoms with Crippen LogP contribution < -0.4 is 0 Å². The molecule has 0 heterocycles. The fourth-order valence-electron chi connectivity index (χ4n) is 9.08. The summed E-state index contributed by atoms with van der Waals surface area (Å²) in [7, 11) is 0. The highest BCUT2D eigenvalue weighted by Crippen LogP contribution is 2.17. The maximum absolute atomic E-state index is 12.9. The van der Waals surface area contributed by atoms with E-state index in [2.05, 4.69) is 81.5 Å². The monoisotopic (exact) mass is 1010 g/mol. The zero-order chi connectivity index (χ0) is 52.2. The van der Waals surface area contributed by atoms with Gasteiger partial charge in [-0.3, -0.25) is 14.4 Å². The average Bonchev–Trinajstić information content (AvgIpc) is 3.38. The zero-order valence-electron chi connectivity index (χ0n) is 47.9. The van der Waals surface area contributed by atoms with Gasteiger partial charge >= 0.3 is 17.9 Å². The SMILES string of the molecule is CC/C=C\C/C=C\C/C=C\C/C=C\CCCCCCCCCCCCCCCCC(=O)OCC(COC(=O)CCCCCCCCCCCCC)OC(=O)CCCCCCC/C=C\CCCCCCCCC. The van der Waals surface area contributed by atoms with E-state index in [0.29, 0.717) is 19.3 Å². The first-order valence-electron chi connectivity index (χ1n) is 31.3. The molecule has 0 bridgehead atoms. The Morgan fingerprint density at radius 3 is 0.861 bits per heavy atom. The Hall–Kier alpha value is -2.89. The van der Waals surface area contributed by atoms with Crippen molar-refractivity contribution in [2.45, 2.75) is 329 Å². The largest absolute Gasteiger partial charge is 0.462 e. The van der Waals surface area contributed by atoms with Crippen LogP contribution in [-0.4, -0.2) is 37.2 Å². The number of carbonyl (C=O) groups excluding carboxylic acids is 3. The van der Waals surface area contributed by atoms with Gasteiger partial charge in [0.05, 0.1) is 0 Å². The van der Waals surface area contributed by atoms with Crippen LogP contribution in [0.2, 0.25) is 0 Å². The van der Waals surface area contributed by atoms with E-state index in [9.17, 15) is 14.4 Å². The summed E-state index contributed by atoms with van der Waals surface area (Å²) in [5.41, 5.74) is 0. The highest BCUT2D eigenvalue weighted by Gasteiger charge is 2.19. The van der Waals surface area contributed by atoms with Gasteiger partial charge in [-0.05, 0) is 83.5 Å². The summed E-state index contributed by atoms with van der Waals surface area (Å²) in [5.74, 6) is -0.867. The predicted octanol–water partition coefficient (Wildman–Crippen LogP) is 21.2. The van der Waals surface area contributed by atoms with Crippen LogP contribution in [0.5, 0.6) is 0 Å². The molecule has 0 aliphatic rings. The second-order valence-electron chi connectivity index (χ2n) is 20.9. The number of carbonyl (C=O) groups is 3. The quantitative estimate of drug-likeness (QED) is 0.0261. The summed E-state index contributed by atoms with van der Waals surface area (Å²) in [5, 5.41) is 0. The second-order valence-corrected chi connectivity index (χ2v) is 20.9. The Kier molecular flexibility index (Phi) is 58.2. The van der Waals surface area contributed by atoms with Crippen molar-refractivity contribution in [1.82, 2.24) is 0 Å². The van der Waals surface area contributed by atoms with E-state index in [4.69, 9.17) is 14.2 Å². The standard InChI is InChI=1S/C66H118O6/c1-4-7-10-13-16-19-22-24-26-28-29-30-31-32-33-34-35-36-37-38-40-41-44-47-50-53-56-59-65(68)71-62-63(61-70-64(67)58-55-52-49-46-43-21-18-15-12-9-6-3)72-66(69)60-57-54-51-48-45-42-39-27-25-23-20-17-14-11-8-5-2/h7,10,16,19,24,26-27,29-30,39,63H,4-6,8-9,11-15,17-18,20-23,25,28,31-38,40-62H2,1-3H3/b10-7-,19-16-,26-24-,30-29-,39-27-. The van der Waals surface area contributed by atoms with Gasteiger partial charge in [0.2, 0.25) is 0 Å². The maximum Gasteiger partial charge on any atom is 0.306 e. The number of esters is 3. The van der Waals surface area contributed by atoms with Crippen LogP contribution in [0, 0.1) is 0 Å². The fraction of sp³-hybridized carbons (Fsp3) is 0.803. The topological polar surface area (TPSA) is 78.9 Å². The minimum absolute atomic E-state index is 0.0733. The van der Waals surface area contributed by atoms with E-state index < -0.39 is 6.10 Å². The van der Waals surface area contributed by atoms with Gasteiger partial charge in [-0.1, -0.05) is 281 Å². The third-order valence-corrected chi connectivity index (χ3v) is 13.8. The molecule has 0 N–H and O–H groups in total. The van der Waals surface area contributed by atoms with Crippen molar-refractivity contribution in [3.8, 4) is 0 Å². The van der Waals surface area contributed by atoms with Gasteiger partial charge in [0.1, 0.15) is 13.2 Å². The lowest BCUT2D eigenvalue weighted by Crippen LogP contribution is -2.30. The molecule has 0 aliphatic heterocycles. The molecule has 0 radical (unpaired) electrons. The highest BCUT2D eigenvalue weighted by molar-refractivity contribution is 5.71. The van der Waals surface area contributed by atoms with Crippen LogP contribution in [0.25, 0.3) is 0 Å². The smallest absolute Gasteiger partial charge is 0.306 e. The van der Waals surface area contributed by atoms with Crippen molar-refractivity contribution in [1.29, 1.82) is 0 Å². The number of hydrogen-bond acceptors (Lipinski definition) is 6. The Bertz CT molecular complexity index is 1290. The number of ether oxygens (including phenoxy) is 3. The number of allylic oxidation sites excluding steroid dienone is 10. The lowest BCUT2D eigenvalue weighted by molar-refractivity contribution is -0.167. The molecular weight excluding hydrogens is 889 g/mol. The zero-order valence-corrected chi connectivity index (χ0v) is 47.9. The molecule has 0 saturated heterocycles. The first-order chi connectivity index (χ1) is 35.5. The van der Waals surface area contributed by atoms with Gasteiger partial charge in [0.15, 0.2) is 6.10 Å². The van der Waals surface area contributed by atoms with E-state index in [1.54, 1.807) is 0 Å². The Balaban J connectivity index is 4.21. The molecule has 6 nitrogen and oxygen atoms in total. The van der Waals surface area contributed by atoms with Gasteiger partial charge < -0.3 is 14.2 Å². The number of unbranched alkanes of at least 4 members (excludes halogenated alkanes) is 36. The first-order valence-corrected chi connectivity index (χ1v) is 31.3. The molecule has 72 heavy (non-hydrogen) atoms. The minimum Gasteiger partial charge on any atom is -0.462 e. The van der Waals surface area contributed by atoms with E-state index in [-0.39, 0.29) is 31.1 Å². The normalized spacial score (nSPS) is 12.4. The Morgan fingerprint density at radius 1 is 0.292 bits per heavy atom. The molecule has 1 unspecified atom stereocenters. The van der Waals surface area contributed by atoms with Gasteiger partial charge in [0.25, 0.3) is 0 Å². The lowest BCUT2D eigenvalue weighted by atomic mass is 10.0. The molecule has 6 heteroatoms. The van der Waals surface area contributed by atoms with Crippen molar-refractivity contribution < 1.29 is 28.6 Å². The molecule has 0 aromatic rings. The van der Waals surface area contributed by atoms with Crippen LogP contribution in [0.1, 0.15) is 323 Å². The van der Waals surface area contributed by atoms with E-state index in [1.165, 1.54) is 193 Å². The third-order valence-electron chi connectivity index (χ3n) is 13.8. The number of rotatable bonds is 57. The maximum atomic E-state index is 12.9. The van der Waals surface area contributed by atoms with Crippen LogP contribution >= 0.6 is 0 Å². The van der Waals surface area contributed by atoms with Crippen molar-refractivity contribution in [2.75, 3.05) is 13.2 Å². The van der Waals surface area contributed by atoms with Crippen LogP contribution in [0.3, 0.4) is 0 Å². The molecule has 0 saturated carbocycles. The van der Waals surface area contributed by atoms with E-state index in [0.717, 1.165) is 89.9 Å². The van der Waals surface area contributed by atoms with Crippen LogP contribution in [0.4, 0.5) is 0 Å². The molecule has 1 atom stereocenters. The van der Waals surface area contributed by atoms with Gasteiger partial charge in [-0.2, -0.15) is 0 Å². The van der Waals surface area contributed by atoms with Gasteiger partial charge in [-0.25, -0.2) is 0 Å². The van der Waals surface area contributed by atoms with Crippen molar-refractivity contribution in [3.63, 3.8) is 0 Å². The molecule has 0 aromatic heterocycles. The second kappa shape index (κ2) is 60.7. The van der Waals surface area contributed by atoms with Crippen molar-refractivity contribution >= 4 is 17.9 Å². The summed E-state index contributed by atoms with van der Waals surface area (Å²) >= 11 is 0. The molecule has 0 fully saturated rings. The summed E-state index contributed by atoms with van der Waals surface area (Å²) < 4.78 is 16.9. The molecule has 0 rings (SSSR count). The predicted molar refractivity (Wildman–Crippen MR) is 312 cm³/mol. The Labute approximate surface area is 447 Å². The minimum atomic E-state index is -0.775. The summed E-state index contributed by atoms with van der Waals surface area (Å²) in [4.78, 5) is 38.2. The van der Waals surface area contributed by atoms with Crippen LogP contribution in [0.15, 0.2) is 60.8 Å². The molecular formula is C66H118O6. The lowest BCUT2D eigenvalue weighted by Gasteiger charge is -2.18. The Morgan fingerprint density at radius 2 is 0.542 bits per heavy atom. The molecule has 418 valence electrons.